The summed E-state index contributed by atoms with van der Waals surface area (Å²) in [5, 5.41) is 0. The molecule has 0 aromatic heterocycles. The van der Waals surface area contributed by atoms with Crippen molar-refractivity contribution in [1.82, 2.24) is 4.31 Å². The average Bonchev–Trinajstić information content (AvgIpc) is 3.07. The third-order valence-electron chi connectivity index (χ3n) is 4.20. The van der Waals surface area contributed by atoms with Gasteiger partial charge in [-0.3, -0.25) is 4.79 Å². The first-order valence-corrected chi connectivity index (χ1v) is 9.08. The zero-order chi connectivity index (χ0) is 18.2. The lowest BCUT2D eigenvalue weighted by molar-refractivity contribution is -0.114. The van der Waals surface area contributed by atoms with Crippen LogP contribution in [0.3, 0.4) is 0 Å². The molecule has 0 bridgehead atoms. The fourth-order valence-electron chi connectivity index (χ4n) is 2.79. The Bertz CT molecular complexity index is 966. The van der Waals surface area contributed by atoms with Crippen LogP contribution in [0, 0.1) is 12.7 Å². The summed E-state index contributed by atoms with van der Waals surface area (Å²) in [6.07, 6.45) is 1.53. The minimum Gasteiger partial charge on any atom is -0.366 e. The molecule has 3 rings (SSSR count). The van der Waals surface area contributed by atoms with E-state index in [1.54, 1.807) is 31.2 Å². The molecule has 7 heteroatoms. The molecular weight excluding hydrogens is 343 g/mol. The summed E-state index contributed by atoms with van der Waals surface area (Å²) in [5.74, 6) is -0.937. The average molecular weight is 360 g/mol. The number of primary amides is 1. The number of carbonyl (C=O) groups is 1. The number of aryl methyl sites for hydroxylation is 1. The summed E-state index contributed by atoms with van der Waals surface area (Å²) in [7, 11) is -3.72. The maximum absolute atomic E-state index is 13.1. The molecule has 0 aliphatic carbocycles. The van der Waals surface area contributed by atoms with Crippen LogP contribution in [-0.2, 0) is 14.8 Å². The van der Waals surface area contributed by atoms with Gasteiger partial charge in [-0.05, 0) is 47.9 Å². The maximum Gasteiger partial charge on any atom is 0.245 e. The van der Waals surface area contributed by atoms with Gasteiger partial charge in [0.25, 0.3) is 0 Å². The number of hydrogen-bond donors (Lipinski definition) is 1. The summed E-state index contributed by atoms with van der Waals surface area (Å²) in [6, 6.07) is 10.8. The lowest BCUT2D eigenvalue weighted by Crippen LogP contribution is -2.30. The summed E-state index contributed by atoms with van der Waals surface area (Å²) in [4.78, 5) is 11.3. The predicted octanol–water partition coefficient (Wildman–Crippen LogP) is 2.22. The predicted molar refractivity (Wildman–Crippen MR) is 92.6 cm³/mol. The van der Waals surface area contributed by atoms with E-state index in [4.69, 9.17) is 5.73 Å². The summed E-state index contributed by atoms with van der Waals surface area (Å²) in [5.41, 5.74) is 7.90. The van der Waals surface area contributed by atoms with E-state index in [9.17, 15) is 17.6 Å². The van der Waals surface area contributed by atoms with E-state index in [0.29, 0.717) is 5.57 Å². The Morgan fingerprint density at radius 1 is 1.16 bits per heavy atom. The molecule has 0 saturated carbocycles. The first-order chi connectivity index (χ1) is 11.8. The molecule has 25 heavy (non-hydrogen) atoms. The van der Waals surface area contributed by atoms with Crippen molar-refractivity contribution in [3.8, 4) is 11.1 Å². The lowest BCUT2D eigenvalue weighted by Gasteiger charge is -2.17. The molecule has 2 aromatic carbocycles. The number of sulfonamides is 1. The standard InChI is InChI=1S/C18H17FN2O3S/c1-12-10-16(6-7-17(12)13-2-4-15(19)5-3-13)25(23,24)21-9-8-14(11-21)18(20)22/h2-8,10H,9,11H2,1H3,(H2,20,22). The second kappa shape index (κ2) is 6.42. The Hall–Kier alpha value is -2.51. The van der Waals surface area contributed by atoms with Gasteiger partial charge < -0.3 is 5.73 Å². The van der Waals surface area contributed by atoms with Crippen molar-refractivity contribution in [2.45, 2.75) is 11.8 Å². The van der Waals surface area contributed by atoms with Crippen molar-refractivity contribution < 1.29 is 17.6 Å². The highest BCUT2D eigenvalue weighted by molar-refractivity contribution is 7.89. The molecule has 5 nitrogen and oxygen atoms in total. The lowest BCUT2D eigenvalue weighted by atomic mass is 10.0. The smallest absolute Gasteiger partial charge is 0.245 e. The van der Waals surface area contributed by atoms with Gasteiger partial charge in [0.05, 0.1) is 4.90 Å². The molecule has 0 spiro atoms. The van der Waals surface area contributed by atoms with Gasteiger partial charge >= 0.3 is 0 Å². The first kappa shape index (κ1) is 17.3. The molecule has 1 aliphatic rings. The molecule has 0 saturated heterocycles. The largest absolute Gasteiger partial charge is 0.366 e. The molecule has 130 valence electrons. The van der Waals surface area contributed by atoms with E-state index in [1.807, 2.05) is 0 Å². The summed E-state index contributed by atoms with van der Waals surface area (Å²) in [6.45, 7) is 1.91. The van der Waals surface area contributed by atoms with Crippen LogP contribution in [0.15, 0.2) is 59.0 Å². The normalized spacial score (nSPS) is 15.2. The highest BCUT2D eigenvalue weighted by Crippen LogP contribution is 2.28. The van der Waals surface area contributed by atoms with Crippen LogP contribution in [-0.4, -0.2) is 31.7 Å². The van der Waals surface area contributed by atoms with Gasteiger partial charge in [0.15, 0.2) is 0 Å². The Morgan fingerprint density at radius 3 is 2.40 bits per heavy atom. The molecule has 1 aliphatic heterocycles. The monoisotopic (exact) mass is 360 g/mol. The fraction of sp³-hybridized carbons (Fsp3) is 0.167. The van der Waals surface area contributed by atoms with Crippen molar-refractivity contribution in [1.29, 1.82) is 0 Å². The molecule has 1 heterocycles. The zero-order valence-corrected chi connectivity index (χ0v) is 14.4. The van der Waals surface area contributed by atoms with Crippen LogP contribution in [0.5, 0.6) is 0 Å². The van der Waals surface area contributed by atoms with Crippen LogP contribution in [0.2, 0.25) is 0 Å². The zero-order valence-electron chi connectivity index (χ0n) is 13.6. The minimum atomic E-state index is -3.72. The Balaban J connectivity index is 1.90. The SMILES string of the molecule is Cc1cc(S(=O)(=O)N2CC=C(C(N)=O)C2)ccc1-c1ccc(F)cc1. The fourth-order valence-corrected chi connectivity index (χ4v) is 4.24. The topological polar surface area (TPSA) is 80.5 Å². The van der Waals surface area contributed by atoms with Crippen LogP contribution in [0.4, 0.5) is 4.39 Å². The van der Waals surface area contributed by atoms with E-state index in [0.717, 1.165) is 16.7 Å². The molecule has 0 fully saturated rings. The van der Waals surface area contributed by atoms with Gasteiger partial charge in [0.2, 0.25) is 15.9 Å². The van der Waals surface area contributed by atoms with Crippen molar-refractivity contribution in [3.05, 3.63) is 65.5 Å². The molecule has 0 atom stereocenters. The first-order valence-electron chi connectivity index (χ1n) is 7.64. The van der Waals surface area contributed by atoms with Crippen molar-refractivity contribution in [2.24, 2.45) is 5.73 Å². The molecule has 0 unspecified atom stereocenters. The molecule has 1 amide bonds. The third kappa shape index (κ3) is 3.33. The van der Waals surface area contributed by atoms with Crippen molar-refractivity contribution >= 4 is 15.9 Å². The van der Waals surface area contributed by atoms with Gasteiger partial charge in [0.1, 0.15) is 5.82 Å². The summed E-state index contributed by atoms with van der Waals surface area (Å²) >= 11 is 0. The molecule has 2 aromatic rings. The number of halogens is 1. The van der Waals surface area contributed by atoms with Crippen LogP contribution >= 0.6 is 0 Å². The number of amides is 1. The Kier molecular flexibility index (Phi) is 4.45. The van der Waals surface area contributed by atoms with E-state index in [2.05, 4.69) is 0 Å². The number of hydrogen-bond acceptors (Lipinski definition) is 3. The van der Waals surface area contributed by atoms with Gasteiger partial charge in [-0.25, -0.2) is 12.8 Å². The molecular formula is C18H17FN2O3S. The van der Waals surface area contributed by atoms with E-state index >= 15 is 0 Å². The van der Waals surface area contributed by atoms with Gasteiger partial charge in [-0.15, -0.1) is 0 Å². The maximum atomic E-state index is 13.1. The van der Waals surface area contributed by atoms with E-state index < -0.39 is 15.9 Å². The van der Waals surface area contributed by atoms with E-state index in [-0.39, 0.29) is 23.8 Å². The van der Waals surface area contributed by atoms with E-state index in [1.165, 1.54) is 28.6 Å². The number of rotatable bonds is 4. The quantitative estimate of drug-likeness (QED) is 0.908. The van der Waals surface area contributed by atoms with Crippen molar-refractivity contribution in [3.63, 3.8) is 0 Å². The van der Waals surface area contributed by atoms with Gasteiger partial charge in [-0.2, -0.15) is 4.31 Å². The number of benzene rings is 2. The van der Waals surface area contributed by atoms with Crippen molar-refractivity contribution in [2.75, 3.05) is 13.1 Å². The second-order valence-electron chi connectivity index (χ2n) is 5.87. The molecule has 0 radical (unpaired) electrons. The number of nitrogens with two attached hydrogens (primary N) is 1. The Labute approximate surface area is 145 Å². The second-order valence-corrected chi connectivity index (χ2v) is 7.81. The summed E-state index contributed by atoms with van der Waals surface area (Å²) < 4.78 is 39.7. The number of carbonyl (C=O) groups excluding carboxylic acids is 1. The number of nitrogens with zero attached hydrogens (tertiary/aromatic N) is 1. The third-order valence-corrected chi connectivity index (χ3v) is 6.00. The minimum absolute atomic E-state index is 0.0174. The Morgan fingerprint density at radius 2 is 1.84 bits per heavy atom. The highest BCUT2D eigenvalue weighted by atomic mass is 32.2. The van der Waals surface area contributed by atoms with Crippen LogP contribution in [0.25, 0.3) is 11.1 Å². The van der Waals surface area contributed by atoms with Crippen LogP contribution < -0.4 is 5.73 Å². The van der Waals surface area contributed by atoms with Gasteiger partial charge in [-0.1, -0.05) is 24.3 Å². The van der Waals surface area contributed by atoms with Gasteiger partial charge in [0, 0.05) is 18.7 Å². The molecule has 2 N–H and O–H groups in total. The highest BCUT2D eigenvalue weighted by Gasteiger charge is 2.29. The van der Waals surface area contributed by atoms with Crippen LogP contribution in [0.1, 0.15) is 5.56 Å².